The Morgan fingerprint density at radius 1 is 1.62 bits per heavy atom. The minimum Gasteiger partial charge on any atom is -0.504 e. The van der Waals surface area contributed by atoms with Gasteiger partial charge in [0.15, 0.2) is 11.5 Å². The maximum absolute atomic E-state index is 10.3. The van der Waals surface area contributed by atoms with Gasteiger partial charge in [-0.15, -0.1) is 0 Å². The van der Waals surface area contributed by atoms with Crippen molar-refractivity contribution in [1.29, 1.82) is 0 Å². The van der Waals surface area contributed by atoms with E-state index in [4.69, 9.17) is 16.3 Å². The number of hydrogen-bond donors (Lipinski definition) is 1. The number of aromatic hydroxyl groups is 1. The van der Waals surface area contributed by atoms with Crippen LogP contribution in [0.1, 0.15) is 0 Å². The van der Waals surface area contributed by atoms with Gasteiger partial charge in [0, 0.05) is 6.07 Å². The number of halogens is 1. The van der Waals surface area contributed by atoms with Crippen LogP contribution in [0.15, 0.2) is 12.1 Å². The number of nitro benzene ring substituents is 1. The van der Waals surface area contributed by atoms with E-state index in [1.807, 2.05) is 0 Å². The first kappa shape index (κ1) is 9.60. The maximum atomic E-state index is 10.3. The molecule has 1 rings (SSSR count). The molecule has 0 aromatic heterocycles. The predicted octanol–water partition coefficient (Wildman–Crippen LogP) is 1.96. The van der Waals surface area contributed by atoms with Gasteiger partial charge in [-0.05, 0) is 0 Å². The van der Waals surface area contributed by atoms with Crippen molar-refractivity contribution in [2.75, 3.05) is 7.11 Å². The van der Waals surface area contributed by atoms with Gasteiger partial charge in [-0.3, -0.25) is 10.1 Å². The zero-order valence-corrected chi connectivity index (χ0v) is 7.41. The van der Waals surface area contributed by atoms with Gasteiger partial charge in [-0.2, -0.15) is 0 Å². The van der Waals surface area contributed by atoms with Gasteiger partial charge >= 0.3 is 0 Å². The van der Waals surface area contributed by atoms with E-state index in [0.29, 0.717) is 0 Å². The normalized spacial score (nSPS) is 9.69. The second kappa shape index (κ2) is 3.49. The van der Waals surface area contributed by atoms with Crippen molar-refractivity contribution in [3.05, 3.63) is 27.3 Å². The fourth-order valence-corrected chi connectivity index (χ4v) is 1.06. The fraction of sp³-hybridized carbons (Fsp3) is 0.143. The lowest BCUT2D eigenvalue weighted by Crippen LogP contribution is -1.91. The third kappa shape index (κ3) is 1.81. The van der Waals surface area contributed by atoms with Crippen LogP contribution in [0.3, 0.4) is 0 Å². The molecule has 0 saturated heterocycles. The molecule has 70 valence electrons. The number of phenolic OH excluding ortho intramolecular Hbond substituents is 1. The Hall–Kier alpha value is -1.49. The summed E-state index contributed by atoms with van der Waals surface area (Å²) in [5, 5.41) is 19.4. The second-order valence-electron chi connectivity index (χ2n) is 2.23. The molecule has 1 aromatic rings. The summed E-state index contributed by atoms with van der Waals surface area (Å²) in [4.78, 5) is 9.66. The first-order chi connectivity index (χ1) is 6.06. The lowest BCUT2D eigenvalue weighted by atomic mass is 10.3. The van der Waals surface area contributed by atoms with Crippen molar-refractivity contribution in [1.82, 2.24) is 0 Å². The number of benzene rings is 1. The van der Waals surface area contributed by atoms with E-state index in [2.05, 4.69) is 0 Å². The van der Waals surface area contributed by atoms with Gasteiger partial charge in [0.1, 0.15) is 5.02 Å². The van der Waals surface area contributed by atoms with Crippen molar-refractivity contribution < 1.29 is 14.8 Å². The molecule has 0 saturated carbocycles. The van der Waals surface area contributed by atoms with E-state index in [1.54, 1.807) is 0 Å². The highest BCUT2D eigenvalue weighted by molar-refractivity contribution is 6.32. The Morgan fingerprint density at radius 2 is 2.23 bits per heavy atom. The largest absolute Gasteiger partial charge is 0.504 e. The molecule has 0 unspecified atom stereocenters. The molecular weight excluding hydrogens is 198 g/mol. The standard InChI is InChI=1S/C7H6ClNO4/c1-13-7-2-4(8)5(9(11)12)3-6(7)10/h2-3,10H,1H3. The third-order valence-electron chi connectivity index (χ3n) is 1.45. The van der Waals surface area contributed by atoms with Crippen molar-refractivity contribution in [3.8, 4) is 11.5 Å². The molecule has 1 N–H and O–H groups in total. The molecule has 0 radical (unpaired) electrons. The molecule has 0 heterocycles. The summed E-state index contributed by atoms with van der Waals surface area (Å²) >= 11 is 5.54. The second-order valence-corrected chi connectivity index (χ2v) is 2.64. The molecule has 0 atom stereocenters. The van der Waals surface area contributed by atoms with Gasteiger partial charge in [-0.1, -0.05) is 11.6 Å². The average Bonchev–Trinajstić information content (AvgIpc) is 2.07. The molecule has 0 bridgehead atoms. The Labute approximate surface area is 78.7 Å². The zero-order chi connectivity index (χ0) is 10.0. The molecule has 0 fully saturated rings. The lowest BCUT2D eigenvalue weighted by Gasteiger charge is -2.03. The van der Waals surface area contributed by atoms with Crippen LogP contribution in [0.5, 0.6) is 11.5 Å². The molecule has 0 aliphatic carbocycles. The molecule has 5 nitrogen and oxygen atoms in total. The highest BCUT2D eigenvalue weighted by atomic mass is 35.5. The quantitative estimate of drug-likeness (QED) is 0.589. The molecule has 0 aliphatic rings. The Morgan fingerprint density at radius 3 is 2.69 bits per heavy atom. The molecule has 1 aromatic carbocycles. The van der Waals surface area contributed by atoms with Crippen molar-refractivity contribution in [2.24, 2.45) is 0 Å². The highest BCUT2D eigenvalue weighted by Gasteiger charge is 2.16. The minimum atomic E-state index is -0.679. The molecule has 13 heavy (non-hydrogen) atoms. The van der Waals surface area contributed by atoms with E-state index >= 15 is 0 Å². The van der Waals surface area contributed by atoms with Crippen LogP contribution >= 0.6 is 11.6 Å². The summed E-state index contributed by atoms with van der Waals surface area (Å²) in [6, 6.07) is 2.14. The van der Waals surface area contributed by atoms with Crippen LogP contribution in [0.4, 0.5) is 5.69 Å². The summed E-state index contributed by atoms with van der Waals surface area (Å²) in [7, 11) is 1.33. The van der Waals surface area contributed by atoms with E-state index in [0.717, 1.165) is 6.07 Å². The summed E-state index contributed by atoms with van der Waals surface area (Å²) in [6.45, 7) is 0. The third-order valence-corrected chi connectivity index (χ3v) is 1.75. The van der Waals surface area contributed by atoms with Crippen LogP contribution in [-0.4, -0.2) is 17.1 Å². The lowest BCUT2D eigenvalue weighted by molar-refractivity contribution is -0.384. The number of ether oxygens (including phenoxy) is 1. The van der Waals surface area contributed by atoms with Gasteiger partial charge < -0.3 is 9.84 Å². The number of rotatable bonds is 2. The Balaban J connectivity index is 3.28. The molecule has 0 spiro atoms. The minimum absolute atomic E-state index is 0.0698. The molecular formula is C7H6ClNO4. The number of hydrogen-bond acceptors (Lipinski definition) is 4. The summed E-state index contributed by atoms with van der Waals surface area (Å²) in [5.74, 6) is -0.200. The zero-order valence-electron chi connectivity index (χ0n) is 6.65. The number of phenols is 1. The highest BCUT2D eigenvalue weighted by Crippen LogP contribution is 2.36. The van der Waals surface area contributed by atoms with E-state index < -0.39 is 4.92 Å². The fourth-order valence-electron chi connectivity index (χ4n) is 0.836. The van der Waals surface area contributed by atoms with Gasteiger partial charge in [0.2, 0.25) is 0 Å². The maximum Gasteiger partial charge on any atom is 0.291 e. The molecule has 0 aliphatic heterocycles. The average molecular weight is 204 g/mol. The summed E-state index contributed by atoms with van der Waals surface area (Å²) in [5.41, 5.74) is -0.347. The smallest absolute Gasteiger partial charge is 0.291 e. The van der Waals surface area contributed by atoms with Gasteiger partial charge in [0.05, 0.1) is 18.1 Å². The van der Waals surface area contributed by atoms with Gasteiger partial charge in [-0.25, -0.2) is 0 Å². The molecule has 0 amide bonds. The van der Waals surface area contributed by atoms with Gasteiger partial charge in [0.25, 0.3) is 5.69 Å². The first-order valence-electron chi connectivity index (χ1n) is 3.27. The van der Waals surface area contributed by atoms with E-state index in [-0.39, 0.29) is 22.2 Å². The predicted molar refractivity (Wildman–Crippen MR) is 46.3 cm³/mol. The van der Waals surface area contributed by atoms with Crippen LogP contribution in [0, 0.1) is 10.1 Å². The topological polar surface area (TPSA) is 72.6 Å². The van der Waals surface area contributed by atoms with Crippen molar-refractivity contribution >= 4 is 17.3 Å². The van der Waals surface area contributed by atoms with Crippen molar-refractivity contribution in [3.63, 3.8) is 0 Å². The van der Waals surface area contributed by atoms with E-state index in [9.17, 15) is 15.2 Å². The number of methoxy groups -OCH3 is 1. The van der Waals surface area contributed by atoms with Crippen LogP contribution in [0.25, 0.3) is 0 Å². The van der Waals surface area contributed by atoms with E-state index in [1.165, 1.54) is 13.2 Å². The molecule has 6 heteroatoms. The summed E-state index contributed by atoms with van der Waals surface area (Å²) < 4.78 is 4.70. The number of nitrogens with zero attached hydrogens (tertiary/aromatic N) is 1. The van der Waals surface area contributed by atoms with Crippen molar-refractivity contribution in [2.45, 2.75) is 0 Å². The van der Waals surface area contributed by atoms with Crippen LogP contribution in [0.2, 0.25) is 5.02 Å². The SMILES string of the molecule is COc1cc(Cl)c([N+](=O)[O-])cc1O. The van der Waals surface area contributed by atoms with Crippen LogP contribution < -0.4 is 4.74 Å². The first-order valence-corrected chi connectivity index (χ1v) is 3.65. The Bertz CT molecular complexity index is 353. The summed E-state index contributed by atoms with van der Waals surface area (Å²) in [6.07, 6.45) is 0. The van der Waals surface area contributed by atoms with Crippen LogP contribution in [-0.2, 0) is 0 Å². The monoisotopic (exact) mass is 203 g/mol. The Kier molecular flexibility index (Phi) is 2.57. The number of nitro groups is 1.